The molecule has 1 aromatic carbocycles. The lowest BCUT2D eigenvalue weighted by atomic mass is 9.35. The van der Waals surface area contributed by atoms with Crippen molar-refractivity contribution in [3.63, 3.8) is 0 Å². The van der Waals surface area contributed by atoms with Crippen LogP contribution in [0, 0.1) is 23.2 Å². The normalized spacial score (nSPS) is 42.0. The predicted octanol–water partition coefficient (Wildman–Crippen LogP) is 6.38. The largest absolute Gasteiger partial charge is 0.466 e. The van der Waals surface area contributed by atoms with Gasteiger partial charge in [0.1, 0.15) is 5.75 Å². The number of aryl methyl sites for hydroxylation is 1. The first-order valence-corrected chi connectivity index (χ1v) is 10.3. The summed E-state index contributed by atoms with van der Waals surface area (Å²) in [6, 6.07) is 4.55. The fraction of sp³-hybridized carbons (Fsp3) is 0.727. The second kappa shape index (κ2) is 5.48. The van der Waals surface area contributed by atoms with Gasteiger partial charge < -0.3 is 9.47 Å². The van der Waals surface area contributed by atoms with Crippen LogP contribution in [0.5, 0.6) is 5.75 Å². The van der Waals surface area contributed by atoms with Crippen LogP contribution in [-0.2, 0) is 10.2 Å². The van der Waals surface area contributed by atoms with Crippen LogP contribution in [-0.4, -0.2) is 13.9 Å². The highest BCUT2D eigenvalue weighted by molar-refractivity contribution is 9.10. The monoisotopic (exact) mass is 406 g/mol. The number of rotatable bonds is 4. The molecule has 0 heterocycles. The standard InChI is InChI=1S/C22H31BrO2/c1-15-6-16(18(17(23)7-15)25-14-24-5)22-11-19(2)8-20(3,12-22)10-21(4,9-19)13-22/h6-7H,8-14H2,1-5H3. The van der Waals surface area contributed by atoms with Gasteiger partial charge in [0.2, 0.25) is 0 Å². The molecule has 4 fully saturated rings. The Balaban J connectivity index is 1.87. The summed E-state index contributed by atoms with van der Waals surface area (Å²) < 4.78 is 12.4. The van der Waals surface area contributed by atoms with E-state index in [9.17, 15) is 0 Å². The Labute approximate surface area is 160 Å². The Hall–Kier alpha value is -0.540. The Morgan fingerprint density at radius 3 is 1.92 bits per heavy atom. The van der Waals surface area contributed by atoms with Gasteiger partial charge in [-0.25, -0.2) is 0 Å². The summed E-state index contributed by atoms with van der Waals surface area (Å²) >= 11 is 3.77. The van der Waals surface area contributed by atoms with Crippen LogP contribution in [0.25, 0.3) is 0 Å². The first-order chi connectivity index (χ1) is 11.6. The van der Waals surface area contributed by atoms with Crippen LogP contribution in [0.3, 0.4) is 0 Å². The van der Waals surface area contributed by atoms with E-state index in [0.717, 1.165) is 10.2 Å². The molecule has 0 aromatic heterocycles. The molecular weight excluding hydrogens is 376 g/mol. The van der Waals surface area contributed by atoms with Crippen molar-refractivity contribution in [1.29, 1.82) is 0 Å². The smallest absolute Gasteiger partial charge is 0.188 e. The van der Waals surface area contributed by atoms with E-state index in [1.54, 1.807) is 7.11 Å². The van der Waals surface area contributed by atoms with Crippen LogP contribution >= 0.6 is 15.9 Å². The Kier molecular flexibility index (Phi) is 3.92. The van der Waals surface area contributed by atoms with Crippen LogP contribution < -0.4 is 4.74 Å². The molecule has 0 saturated heterocycles. The van der Waals surface area contributed by atoms with Crippen molar-refractivity contribution in [2.45, 2.75) is 71.6 Å². The highest BCUT2D eigenvalue weighted by Gasteiger charge is 2.64. The van der Waals surface area contributed by atoms with E-state index in [2.05, 4.69) is 55.8 Å². The SMILES string of the molecule is COCOc1c(Br)cc(C)cc1C12CC3(C)CC(C)(CC(C)(C3)C1)C2. The van der Waals surface area contributed by atoms with Crippen molar-refractivity contribution < 1.29 is 9.47 Å². The molecule has 3 heteroatoms. The fourth-order valence-electron chi connectivity index (χ4n) is 7.96. The molecule has 4 saturated carbocycles. The van der Waals surface area contributed by atoms with E-state index >= 15 is 0 Å². The Morgan fingerprint density at radius 2 is 1.44 bits per heavy atom. The summed E-state index contributed by atoms with van der Waals surface area (Å²) in [6.07, 6.45) is 8.05. The number of methoxy groups -OCH3 is 1. The van der Waals surface area contributed by atoms with Gasteiger partial charge in [0.05, 0.1) is 4.47 Å². The number of benzene rings is 1. The number of ether oxygens (including phenoxy) is 2. The van der Waals surface area contributed by atoms with E-state index in [0.29, 0.717) is 23.0 Å². The van der Waals surface area contributed by atoms with Gasteiger partial charge in [0, 0.05) is 18.1 Å². The molecule has 1 aromatic rings. The first kappa shape index (κ1) is 17.9. The van der Waals surface area contributed by atoms with Gasteiger partial charge in [-0.1, -0.05) is 26.8 Å². The quantitative estimate of drug-likeness (QED) is 0.540. The third kappa shape index (κ3) is 2.86. The molecule has 2 nitrogen and oxygen atoms in total. The summed E-state index contributed by atoms with van der Waals surface area (Å²) in [5, 5.41) is 0. The van der Waals surface area contributed by atoms with Crippen molar-refractivity contribution in [1.82, 2.24) is 0 Å². The molecule has 0 radical (unpaired) electrons. The lowest BCUT2D eigenvalue weighted by Gasteiger charge is -2.69. The van der Waals surface area contributed by atoms with Gasteiger partial charge in [-0.15, -0.1) is 0 Å². The molecule has 138 valence electrons. The zero-order valence-electron chi connectivity index (χ0n) is 16.3. The molecule has 0 atom stereocenters. The lowest BCUT2D eigenvalue weighted by Crippen LogP contribution is -2.60. The molecule has 4 bridgehead atoms. The summed E-state index contributed by atoms with van der Waals surface area (Å²) in [5.41, 5.74) is 4.36. The van der Waals surface area contributed by atoms with Gasteiger partial charge in [-0.05, 0) is 89.3 Å². The number of hydrogen-bond acceptors (Lipinski definition) is 2. The minimum Gasteiger partial charge on any atom is -0.466 e. The average Bonchev–Trinajstić information content (AvgIpc) is 2.40. The summed E-state index contributed by atoms with van der Waals surface area (Å²) in [4.78, 5) is 0. The van der Waals surface area contributed by atoms with E-state index in [4.69, 9.17) is 9.47 Å². The van der Waals surface area contributed by atoms with Crippen molar-refractivity contribution in [2.24, 2.45) is 16.2 Å². The minimum absolute atomic E-state index is 0.241. The second-order valence-corrected chi connectivity index (χ2v) is 11.3. The third-order valence-corrected chi connectivity index (χ3v) is 7.53. The molecule has 0 N–H and O–H groups in total. The van der Waals surface area contributed by atoms with Gasteiger partial charge in [-0.3, -0.25) is 0 Å². The zero-order chi connectivity index (χ0) is 18.1. The average molecular weight is 407 g/mol. The molecule has 4 aliphatic carbocycles. The zero-order valence-corrected chi connectivity index (χ0v) is 17.9. The number of hydrogen-bond donors (Lipinski definition) is 0. The maximum absolute atomic E-state index is 6.09. The summed E-state index contributed by atoms with van der Waals surface area (Å²) in [5.74, 6) is 1.00. The molecular formula is C22H31BrO2. The molecule has 25 heavy (non-hydrogen) atoms. The summed E-state index contributed by atoms with van der Waals surface area (Å²) in [7, 11) is 1.69. The van der Waals surface area contributed by atoms with E-state index < -0.39 is 0 Å². The topological polar surface area (TPSA) is 18.5 Å². The van der Waals surface area contributed by atoms with E-state index in [-0.39, 0.29) is 5.41 Å². The third-order valence-electron chi connectivity index (χ3n) is 6.94. The molecule has 0 amide bonds. The molecule has 0 spiro atoms. The van der Waals surface area contributed by atoms with E-state index in [1.165, 1.54) is 49.7 Å². The van der Waals surface area contributed by atoms with Gasteiger partial charge >= 0.3 is 0 Å². The Bertz CT molecular complexity index is 657. The van der Waals surface area contributed by atoms with Gasteiger partial charge in [0.15, 0.2) is 6.79 Å². The van der Waals surface area contributed by atoms with Crippen LogP contribution in [0.15, 0.2) is 16.6 Å². The van der Waals surface area contributed by atoms with Crippen molar-refractivity contribution in [3.05, 3.63) is 27.7 Å². The lowest BCUT2D eigenvalue weighted by molar-refractivity contribution is -0.152. The van der Waals surface area contributed by atoms with Crippen molar-refractivity contribution in [3.8, 4) is 5.75 Å². The molecule has 0 unspecified atom stereocenters. The van der Waals surface area contributed by atoms with Crippen molar-refractivity contribution in [2.75, 3.05) is 13.9 Å². The molecule has 0 aliphatic heterocycles. The fourth-order valence-corrected chi connectivity index (χ4v) is 8.65. The molecule has 5 rings (SSSR count). The highest BCUT2D eigenvalue weighted by Crippen LogP contribution is 2.74. The highest BCUT2D eigenvalue weighted by atomic mass is 79.9. The Morgan fingerprint density at radius 1 is 0.920 bits per heavy atom. The van der Waals surface area contributed by atoms with Gasteiger partial charge in [-0.2, -0.15) is 0 Å². The second-order valence-electron chi connectivity index (χ2n) is 10.4. The number of halogens is 1. The molecule has 4 aliphatic rings. The van der Waals surface area contributed by atoms with E-state index in [1.807, 2.05) is 0 Å². The van der Waals surface area contributed by atoms with Crippen LogP contribution in [0.4, 0.5) is 0 Å². The minimum atomic E-state index is 0.241. The maximum atomic E-state index is 6.09. The van der Waals surface area contributed by atoms with Gasteiger partial charge in [0.25, 0.3) is 0 Å². The first-order valence-electron chi connectivity index (χ1n) is 9.53. The predicted molar refractivity (Wildman–Crippen MR) is 105 cm³/mol. The van der Waals surface area contributed by atoms with Crippen LogP contribution in [0.2, 0.25) is 0 Å². The van der Waals surface area contributed by atoms with Crippen molar-refractivity contribution >= 4 is 15.9 Å². The van der Waals surface area contributed by atoms with Crippen LogP contribution in [0.1, 0.15) is 70.4 Å². The maximum Gasteiger partial charge on any atom is 0.188 e. The summed E-state index contributed by atoms with van der Waals surface area (Å²) in [6.45, 7) is 10.1.